The molecule has 2 heterocycles. The number of rotatable bonds is 13. The molecule has 4 rings (SSSR count). The van der Waals surface area contributed by atoms with Gasteiger partial charge in [0, 0.05) is 44.5 Å². The Labute approximate surface area is 250 Å². The molecule has 1 N–H and O–H groups in total. The molecule has 1 saturated heterocycles. The van der Waals surface area contributed by atoms with Crippen LogP contribution in [0.25, 0.3) is 11.1 Å². The van der Waals surface area contributed by atoms with Crippen molar-refractivity contribution in [3.05, 3.63) is 47.9 Å². The second-order valence-electron chi connectivity index (χ2n) is 12.4. The minimum Gasteiger partial charge on any atom is -0.465 e. The smallest absolute Gasteiger partial charge is 0.302 e. The summed E-state index contributed by atoms with van der Waals surface area (Å²) < 4.78 is 16.2. The van der Waals surface area contributed by atoms with Gasteiger partial charge in [0.1, 0.15) is 0 Å². The minimum absolute atomic E-state index is 0.0247. The highest BCUT2D eigenvalue weighted by atomic mass is 16.5. The highest BCUT2D eigenvalue weighted by molar-refractivity contribution is 5.98. The van der Waals surface area contributed by atoms with E-state index < -0.39 is 0 Å². The lowest BCUT2D eigenvalue weighted by Gasteiger charge is -2.41. The number of amides is 1. The number of benzene rings is 1. The SMILES string of the molecule is CC(=O)OCC(CCC1(CCN2CCC(NC(=O)c3occc3-c3ccc(C)cc3)CC2)CCCCC1)COC(C)=O. The fourth-order valence-corrected chi connectivity index (χ4v) is 6.51. The van der Waals surface area contributed by atoms with E-state index in [0.29, 0.717) is 19.0 Å². The van der Waals surface area contributed by atoms with Crippen LogP contribution < -0.4 is 5.32 Å². The molecule has 42 heavy (non-hydrogen) atoms. The Balaban J connectivity index is 1.26. The Morgan fingerprint density at radius 1 is 0.952 bits per heavy atom. The van der Waals surface area contributed by atoms with Gasteiger partial charge in [-0.1, -0.05) is 49.1 Å². The standard InChI is InChI=1S/C34H48N2O6/c1-25-7-9-29(10-8-25)31-14-22-40-32(31)33(39)35-30-12-19-36(20-13-30)21-18-34(15-5-4-6-16-34)17-11-28(23-41-26(2)37)24-42-27(3)38/h7-10,14,22,28,30H,4-6,11-13,15-21,23-24H2,1-3H3,(H,35,39). The molecule has 1 amide bonds. The van der Waals surface area contributed by atoms with Gasteiger partial charge >= 0.3 is 11.9 Å². The van der Waals surface area contributed by atoms with E-state index in [4.69, 9.17) is 13.9 Å². The van der Waals surface area contributed by atoms with Gasteiger partial charge in [0.2, 0.25) is 0 Å². The zero-order chi connectivity index (χ0) is 30.0. The summed E-state index contributed by atoms with van der Waals surface area (Å²) in [6.45, 7) is 8.45. The van der Waals surface area contributed by atoms with Crippen LogP contribution in [0.5, 0.6) is 0 Å². The maximum Gasteiger partial charge on any atom is 0.302 e. The van der Waals surface area contributed by atoms with Crippen LogP contribution in [0.15, 0.2) is 41.0 Å². The Kier molecular flexibility index (Phi) is 11.6. The van der Waals surface area contributed by atoms with E-state index in [2.05, 4.69) is 10.2 Å². The van der Waals surface area contributed by atoms with Gasteiger partial charge in [-0.15, -0.1) is 0 Å². The average Bonchev–Trinajstić information content (AvgIpc) is 3.47. The first-order valence-electron chi connectivity index (χ1n) is 15.7. The number of nitrogens with one attached hydrogen (secondary N) is 1. The third-order valence-corrected chi connectivity index (χ3v) is 9.16. The number of hydrogen-bond donors (Lipinski definition) is 1. The van der Waals surface area contributed by atoms with Crippen molar-refractivity contribution in [3.63, 3.8) is 0 Å². The molecule has 8 heteroatoms. The fourth-order valence-electron chi connectivity index (χ4n) is 6.51. The van der Waals surface area contributed by atoms with Crippen molar-refractivity contribution in [2.24, 2.45) is 11.3 Å². The van der Waals surface area contributed by atoms with E-state index in [1.807, 2.05) is 37.3 Å². The van der Waals surface area contributed by atoms with Gasteiger partial charge in [0.05, 0.1) is 19.5 Å². The molecule has 2 aromatic rings. The van der Waals surface area contributed by atoms with E-state index >= 15 is 0 Å². The first kappa shape index (κ1) is 31.8. The van der Waals surface area contributed by atoms with Gasteiger partial charge in [-0.05, 0) is 75.5 Å². The number of likely N-dealkylation sites (tertiary alicyclic amines) is 1. The number of carbonyl (C=O) groups excluding carboxylic acids is 3. The number of esters is 2. The van der Waals surface area contributed by atoms with Gasteiger partial charge in [0.15, 0.2) is 5.76 Å². The lowest BCUT2D eigenvalue weighted by atomic mass is 9.68. The number of nitrogens with zero attached hydrogens (tertiary/aromatic N) is 1. The van der Waals surface area contributed by atoms with Crippen LogP contribution in [0.3, 0.4) is 0 Å². The van der Waals surface area contributed by atoms with Crippen LogP contribution in [0.1, 0.15) is 94.2 Å². The zero-order valence-electron chi connectivity index (χ0n) is 25.6. The van der Waals surface area contributed by atoms with Crippen LogP contribution in [0, 0.1) is 18.3 Å². The third-order valence-electron chi connectivity index (χ3n) is 9.16. The second-order valence-corrected chi connectivity index (χ2v) is 12.4. The first-order chi connectivity index (χ1) is 20.2. The number of hydrogen-bond acceptors (Lipinski definition) is 7. The fraction of sp³-hybridized carbons (Fsp3) is 0.618. The van der Waals surface area contributed by atoms with Crippen molar-refractivity contribution in [2.75, 3.05) is 32.8 Å². The highest BCUT2D eigenvalue weighted by Gasteiger charge is 2.34. The molecule has 1 aromatic carbocycles. The van der Waals surface area contributed by atoms with E-state index in [9.17, 15) is 14.4 Å². The summed E-state index contributed by atoms with van der Waals surface area (Å²) in [5.41, 5.74) is 3.26. The molecule has 0 unspecified atom stereocenters. The van der Waals surface area contributed by atoms with Gasteiger partial charge in [-0.25, -0.2) is 0 Å². The number of piperidine rings is 1. The highest BCUT2D eigenvalue weighted by Crippen LogP contribution is 2.44. The maximum atomic E-state index is 13.1. The molecular weight excluding hydrogens is 532 g/mol. The summed E-state index contributed by atoms with van der Waals surface area (Å²) in [5, 5.41) is 3.22. The van der Waals surface area contributed by atoms with Crippen molar-refractivity contribution < 1.29 is 28.3 Å². The number of furan rings is 1. The molecule has 0 radical (unpaired) electrons. The molecule has 1 aliphatic heterocycles. The van der Waals surface area contributed by atoms with Crippen LogP contribution in [0.2, 0.25) is 0 Å². The number of aryl methyl sites for hydroxylation is 1. The summed E-state index contributed by atoms with van der Waals surface area (Å²) >= 11 is 0. The van der Waals surface area contributed by atoms with E-state index in [1.54, 1.807) is 6.26 Å². The Morgan fingerprint density at radius 2 is 1.60 bits per heavy atom. The predicted octanol–water partition coefficient (Wildman–Crippen LogP) is 6.31. The van der Waals surface area contributed by atoms with Gasteiger partial charge in [-0.2, -0.15) is 0 Å². The Morgan fingerprint density at radius 3 is 2.21 bits per heavy atom. The van der Waals surface area contributed by atoms with E-state index in [-0.39, 0.29) is 35.2 Å². The largest absolute Gasteiger partial charge is 0.465 e. The third kappa shape index (κ3) is 9.45. The molecule has 1 saturated carbocycles. The van der Waals surface area contributed by atoms with E-state index in [0.717, 1.165) is 62.9 Å². The summed E-state index contributed by atoms with van der Waals surface area (Å²) in [7, 11) is 0. The Bertz CT molecular complexity index is 1140. The van der Waals surface area contributed by atoms with Crippen LogP contribution in [-0.2, 0) is 19.1 Å². The molecule has 0 spiro atoms. The molecule has 2 aliphatic rings. The van der Waals surface area contributed by atoms with Crippen molar-refractivity contribution >= 4 is 17.8 Å². The molecule has 1 aliphatic carbocycles. The molecule has 8 nitrogen and oxygen atoms in total. The minimum atomic E-state index is -0.300. The summed E-state index contributed by atoms with van der Waals surface area (Å²) in [6.07, 6.45) is 12.8. The molecule has 0 atom stereocenters. The number of ether oxygens (including phenoxy) is 2. The molecule has 230 valence electrons. The topological polar surface area (TPSA) is 98.1 Å². The molecular formula is C34H48N2O6. The lowest BCUT2D eigenvalue weighted by Crippen LogP contribution is -2.45. The van der Waals surface area contributed by atoms with Gasteiger partial charge in [0.25, 0.3) is 5.91 Å². The second kappa shape index (κ2) is 15.4. The monoisotopic (exact) mass is 580 g/mol. The molecule has 2 fully saturated rings. The quantitative estimate of drug-likeness (QED) is 0.277. The normalized spacial score (nSPS) is 17.6. The lowest BCUT2D eigenvalue weighted by molar-refractivity contribution is -0.146. The maximum absolute atomic E-state index is 13.1. The van der Waals surface area contributed by atoms with Crippen molar-refractivity contribution in [1.29, 1.82) is 0 Å². The summed E-state index contributed by atoms with van der Waals surface area (Å²) in [6, 6.07) is 10.1. The van der Waals surface area contributed by atoms with Crippen molar-refractivity contribution in [1.82, 2.24) is 10.2 Å². The first-order valence-corrected chi connectivity index (χ1v) is 15.7. The summed E-state index contributed by atoms with van der Waals surface area (Å²) in [5.74, 6) is -0.346. The molecule has 1 aromatic heterocycles. The van der Waals surface area contributed by atoms with Crippen LogP contribution in [0.4, 0.5) is 0 Å². The van der Waals surface area contributed by atoms with Crippen LogP contribution in [-0.4, -0.2) is 61.6 Å². The number of carbonyl (C=O) groups is 3. The van der Waals surface area contributed by atoms with Crippen LogP contribution >= 0.6 is 0 Å². The predicted molar refractivity (Wildman–Crippen MR) is 162 cm³/mol. The Hall–Kier alpha value is -3.13. The van der Waals surface area contributed by atoms with E-state index in [1.165, 1.54) is 51.5 Å². The van der Waals surface area contributed by atoms with Gasteiger partial charge < -0.3 is 24.1 Å². The molecule has 0 bridgehead atoms. The zero-order valence-corrected chi connectivity index (χ0v) is 25.6. The average molecular weight is 581 g/mol. The van der Waals surface area contributed by atoms with Gasteiger partial charge in [-0.3, -0.25) is 14.4 Å². The summed E-state index contributed by atoms with van der Waals surface area (Å²) in [4.78, 5) is 38.4. The van der Waals surface area contributed by atoms with Crippen molar-refractivity contribution in [3.8, 4) is 11.1 Å². The van der Waals surface area contributed by atoms with Crippen molar-refractivity contribution in [2.45, 2.75) is 91.0 Å².